The summed E-state index contributed by atoms with van der Waals surface area (Å²) >= 11 is 7.05. The second-order valence-corrected chi connectivity index (χ2v) is 8.49. The van der Waals surface area contributed by atoms with Crippen LogP contribution in [0.1, 0.15) is 4.88 Å². The van der Waals surface area contributed by atoms with E-state index < -0.39 is 10.0 Å². The number of hydrogen-bond donors (Lipinski definition) is 0. The fourth-order valence-electron chi connectivity index (χ4n) is 1.65. The molecule has 0 aliphatic heterocycles. The minimum Gasteiger partial charge on any atom is -0.492 e. The number of hydrogen-bond acceptors (Lipinski definition) is 4. The third-order valence-electron chi connectivity index (χ3n) is 2.87. The molecule has 0 aliphatic rings. The Balaban J connectivity index is 1.92. The molecule has 0 aliphatic carbocycles. The molecule has 4 nitrogen and oxygen atoms in total. The van der Waals surface area contributed by atoms with Crippen LogP contribution in [0.5, 0.6) is 5.75 Å². The summed E-state index contributed by atoms with van der Waals surface area (Å²) in [4.78, 5) is 0.972. The van der Waals surface area contributed by atoms with Gasteiger partial charge in [-0.2, -0.15) is 4.31 Å². The van der Waals surface area contributed by atoms with Crippen LogP contribution in [-0.2, 0) is 10.0 Å². The van der Waals surface area contributed by atoms with E-state index in [4.69, 9.17) is 16.3 Å². The first-order valence-electron chi connectivity index (χ1n) is 6.31. The number of nitrogens with zero attached hydrogens (tertiary/aromatic N) is 1. The summed E-state index contributed by atoms with van der Waals surface area (Å²) in [6.45, 7) is 2.44. The molecule has 0 saturated heterocycles. The number of benzene rings is 1. The minimum absolute atomic E-state index is 0.279. The van der Waals surface area contributed by atoms with Gasteiger partial charge in [0.05, 0.1) is 0 Å². The number of ether oxygens (including phenoxy) is 1. The van der Waals surface area contributed by atoms with Crippen LogP contribution in [0.25, 0.3) is 0 Å². The maximum Gasteiger partial charge on any atom is 0.252 e. The predicted octanol–water partition coefficient (Wildman–Crippen LogP) is 3.41. The number of halogens is 1. The van der Waals surface area contributed by atoms with E-state index in [2.05, 4.69) is 0 Å². The largest absolute Gasteiger partial charge is 0.492 e. The highest BCUT2D eigenvalue weighted by Crippen LogP contribution is 2.23. The lowest BCUT2D eigenvalue weighted by molar-refractivity contribution is 0.287. The topological polar surface area (TPSA) is 46.6 Å². The van der Waals surface area contributed by atoms with Gasteiger partial charge in [-0.3, -0.25) is 0 Å². The Kier molecular flexibility index (Phi) is 5.27. The maximum absolute atomic E-state index is 12.3. The summed E-state index contributed by atoms with van der Waals surface area (Å²) in [7, 11) is -1.88. The van der Waals surface area contributed by atoms with Crippen molar-refractivity contribution in [1.82, 2.24) is 4.31 Å². The van der Waals surface area contributed by atoms with Crippen LogP contribution in [0.4, 0.5) is 0 Å². The smallest absolute Gasteiger partial charge is 0.252 e. The van der Waals surface area contributed by atoms with E-state index in [0.717, 1.165) is 4.88 Å². The zero-order chi connectivity index (χ0) is 15.5. The van der Waals surface area contributed by atoms with E-state index in [1.807, 2.05) is 6.92 Å². The molecule has 1 aromatic heterocycles. The summed E-state index contributed by atoms with van der Waals surface area (Å²) in [6.07, 6.45) is 0. The third-order valence-corrected chi connectivity index (χ3v) is 6.45. The molecule has 114 valence electrons. The highest BCUT2D eigenvalue weighted by atomic mass is 35.5. The molecule has 0 saturated carbocycles. The fraction of sp³-hybridized carbons (Fsp3) is 0.286. The molecule has 0 amide bonds. The number of rotatable bonds is 6. The van der Waals surface area contributed by atoms with Gasteiger partial charge >= 0.3 is 0 Å². The van der Waals surface area contributed by atoms with Gasteiger partial charge < -0.3 is 4.74 Å². The average Bonchev–Trinajstić information content (AvgIpc) is 2.88. The van der Waals surface area contributed by atoms with E-state index in [1.54, 1.807) is 43.4 Å². The highest BCUT2D eigenvalue weighted by molar-refractivity contribution is 7.91. The summed E-state index contributed by atoms with van der Waals surface area (Å²) in [5, 5.41) is 0.634. The summed E-state index contributed by atoms with van der Waals surface area (Å²) in [6, 6.07) is 10.4. The molecule has 0 spiro atoms. The summed E-state index contributed by atoms with van der Waals surface area (Å²) in [5.74, 6) is 0.664. The molecule has 0 bridgehead atoms. The predicted molar refractivity (Wildman–Crippen MR) is 85.8 cm³/mol. The second kappa shape index (κ2) is 6.79. The van der Waals surface area contributed by atoms with E-state index in [9.17, 15) is 8.42 Å². The Morgan fingerprint density at radius 2 is 1.86 bits per heavy atom. The van der Waals surface area contributed by atoms with Crippen molar-refractivity contribution in [2.75, 3.05) is 20.2 Å². The molecule has 0 atom stereocenters. The molecular weight excluding hydrogens is 330 g/mol. The first kappa shape index (κ1) is 16.3. The highest BCUT2D eigenvalue weighted by Gasteiger charge is 2.22. The Bertz CT molecular complexity index is 695. The number of aryl methyl sites for hydroxylation is 1. The number of likely N-dealkylation sites (N-methyl/N-ethyl adjacent to an activating group) is 1. The molecule has 0 radical (unpaired) electrons. The van der Waals surface area contributed by atoms with Gasteiger partial charge in [0.2, 0.25) is 0 Å². The first-order chi connectivity index (χ1) is 9.89. The molecule has 2 rings (SSSR count). The molecule has 0 N–H and O–H groups in total. The van der Waals surface area contributed by atoms with Crippen LogP contribution in [0, 0.1) is 6.92 Å². The van der Waals surface area contributed by atoms with Crippen LogP contribution in [0.2, 0.25) is 5.02 Å². The van der Waals surface area contributed by atoms with Crippen molar-refractivity contribution >= 4 is 33.0 Å². The van der Waals surface area contributed by atoms with Gasteiger partial charge in [0, 0.05) is 23.5 Å². The molecule has 0 fully saturated rings. The van der Waals surface area contributed by atoms with Crippen LogP contribution >= 0.6 is 22.9 Å². The van der Waals surface area contributed by atoms with Crippen molar-refractivity contribution < 1.29 is 13.2 Å². The summed E-state index contributed by atoms with van der Waals surface area (Å²) in [5.41, 5.74) is 0. The van der Waals surface area contributed by atoms with Gasteiger partial charge in [0.15, 0.2) is 0 Å². The number of sulfonamides is 1. The lowest BCUT2D eigenvalue weighted by Gasteiger charge is -2.16. The van der Waals surface area contributed by atoms with Crippen molar-refractivity contribution in [1.29, 1.82) is 0 Å². The quantitative estimate of drug-likeness (QED) is 0.806. The number of thiophene rings is 1. The van der Waals surface area contributed by atoms with Gasteiger partial charge in [-0.05, 0) is 43.3 Å². The summed E-state index contributed by atoms with van der Waals surface area (Å²) < 4.78 is 31.8. The molecule has 0 unspecified atom stereocenters. The fourth-order valence-corrected chi connectivity index (χ4v) is 4.42. The van der Waals surface area contributed by atoms with E-state index >= 15 is 0 Å². The van der Waals surface area contributed by atoms with Crippen molar-refractivity contribution in [3.05, 3.63) is 46.3 Å². The maximum atomic E-state index is 12.3. The average molecular weight is 346 g/mol. The molecular formula is C14H16ClNO3S2. The Morgan fingerprint density at radius 1 is 1.19 bits per heavy atom. The van der Waals surface area contributed by atoms with E-state index in [0.29, 0.717) is 15.0 Å². The van der Waals surface area contributed by atoms with Crippen molar-refractivity contribution in [2.45, 2.75) is 11.1 Å². The van der Waals surface area contributed by atoms with Gasteiger partial charge in [-0.1, -0.05) is 11.6 Å². The minimum atomic E-state index is -3.43. The van der Waals surface area contributed by atoms with Crippen LogP contribution in [0.3, 0.4) is 0 Å². The Hall–Kier alpha value is -1.08. The Morgan fingerprint density at radius 3 is 2.43 bits per heavy atom. The van der Waals surface area contributed by atoms with Crippen molar-refractivity contribution in [3.63, 3.8) is 0 Å². The molecule has 1 heterocycles. The Labute approximate surface area is 134 Å². The monoisotopic (exact) mass is 345 g/mol. The zero-order valence-electron chi connectivity index (χ0n) is 11.7. The molecule has 7 heteroatoms. The zero-order valence-corrected chi connectivity index (χ0v) is 14.1. The second-order valence-electron chi connectivity index (χ2n) is 4.49. The van der Waals surface area contributed by atoms with Gasteiger partial charge in [0.1, 0.15) is 16.6 Å². The van der Waals surface area contributed by atoms with E-state index in [-0.39, 0.29) is 13.2 Å². The standard InChI is InChI=1S/C14H16ClNO3S2/c1-11-3-8-14(20-11)21(17,18)16(2)9-10-19-13-6-4-12(15)5-7-13/h3-8H,9-10H2,1-2H3. The lowest BCUT2D eigenvalue weighted by Crippen LogP contribution is -2.30. The van der Waals surface area contributed by atoms with Crippen LogP contribution in [-0.4, -0.2) is 32.9 Å². The molecule has 21 heavy (non-hydrogen) atoms. The normalized spacial score (nSPS) is 11.8. The molecule has 2 aromatic rings. The van der Waals surface area contributed by atoms with Crippen LogP contribution < -0.4 is 4.74 Å². The molecule has 1 aromatic carbocycles. The van der Waals surface area contributed by atoms with E-state index in [1.165, 1.54) is 15.6 Å². The van der Waals surface area contributed by atoms with Gasteiger partial charge in [-0.15, -0.1) is 11.3 Å². The SMILES string of the molecule is Cc1ccc(S(=O)(=O)N(C)CCOc2ccc(Cl)cc2)s1. The first-order valence-corrected chi connectivity index (χ1v) is 8.94. The lowest BCUT2D eigenvalue weighted by atomic mass is 10.3. The van der Waals surface area contributed by atoms with Crippen molar-refractivity contribution in [3.8, 4) is 5.75 Å². The van der Waals surface area contributed by atoms with Gasteiger partial charge in [-0.25, -0.2) is 8.42 Å². The van der Waals surface area contributed by atoms with Gasteiger partial charge in [0.25, 0.3) is 10.0 Å². The van der Waals surface area contributed by atoms with Crippen molar-refractivity contribution in [2.24, 2.45) is 0 Å². The van der Waals surface area contributed by atoms with Crippen LogP contribution in [0.15, 0.2) is 40.6 Å². The third kappa shape index (κ3) is 4.20.